The summed E-state index contributed by atoms with van der Waals surface area (Å²) in [5.74, 6) is -0.113. The van der Waals surface area contributed by atoms with E-state index in [1.54, 1.807) is 17.4 Å². The summed E-state index contributed by atoms with van der Waals surface area (Å²) in [6.07, 6.45) is 3.58. The van der Waals surface area contributed by atoms with Crippen LogP contribution in [0.3, 0.4) is 0 Å². The fraction of sp³-hybridized carbons (Fsp3) is 0.545. The lowest BCUT2D eigenvalue weighted by Crippen LogP contribution is -2.45. The monoisotopic (exact) mass is 234 g/mol. The molecule has 2 rings (SSSR count). The summed E-state index contributed by atoms with van der Waals surface area (Å²) in [5, 5.41) is 0. The largest absolute Gasteiger partial charge is 0.378 e. The van der Waals surface area contributed by atoms with Gasteiger partial charge in [0, 0.05) is 25.0 Å². The molecule has 1 aliphatic heterocycles. The number of hydrogen-bond acceptors (Lipinski definition) is 3. The molecule has 1 atom stereocenters. The van der Waals surface area contributed by atoms with Gasteiger partial charge in [0.05, 0.1) is 26.0 Å². The number of morpholine rings is 1. The summed E-state index contributed by atoms with van der Waals surface area (Å²) >= 11 is 0. The van der Waals surface area contributed by atoms with Crippen molar-refractivity contribution < 1.29 is 9.53 Å². The molecule has 6 nitrogen and oxygen atoms in total. The van der Waals surface area contributed by atoms with Gasteiger partial charge in [0.1, 0.15) is 0 Å². The molecule has 0 aromatic carbocycles. The number of hydrogen-bond donors (Lipinski definition) is 1. The first-order valence-electron chi connectivity index (χ1n) is 5.51. The third-order valence-electron chi connectivity index (χ3n) is 2.73. The fourth-order valence-electron chi connectivity index (χ4n) is 1.79. The zero-order valence-electron chi connectivity index (χ0n) is 9.43. The highest BCUT2D eigenvalue weighted by Gasteiger charge is 2.30. The molecule has 1 aromatic rings. The van der Waals surface area contributed by atoms with E-state index in [2.05, 4.69) is 14.8 Å². The Morgan fingerprint density at radius 1 is 1.65 bits per heavy atom. The van der Waals surface area contributed by atoms with Crippen LogP contribution in [-0.2, 0) is 16.0 Å². The Morgan fingerprint density at radius 3 is 3.00 bits per heavy atom. The van der Waals surface area contributed by atoms with Crippen LogP contribution in [0.2, 0.25) is 0 Å². The third kappa shape index (κ3) is 2.82. The van der Waals surface area contributed by atoms with Crippen molar-refractivity contribution >= 4 is 5.91 Å². The van der Waals surface area contributed by atoms with Gasteiger partial charge in [0.25, 0.3) is 0 Å². The van der Waals surface area contributed by atoms with Crippen LogP contribution in [0.1, 0.15) is 5.69 Å². The maximum Gasteiger partial charge on any atom is 0.306 e. The molecule has 1 fully saturated rings. The lowest BCUT2D eigenvalue weighted by atomic mass is 10.1. The summed E-state index contributed by atoms with van der Waals surface area (Å²) in [7, 11) is 0. The minimum absolute atomic E-state index is 0.113. The number of rotatable bonds is 3. The molecule has 0 spiro atoms. The molecule has 1 N–H and O–H groups in total. The van der Waals surface area contributed by atoms with E-state index >= 15 is 0 Å². The lowest BCUT2D eigenvalue weighted by Gasteiger charge is -2.26. The molecule has 0 saturated carbocycles. The van der Waals surface area contributed by atoms with Crippen molar-refractivity contribution in [2.24, 2.45) is 0 Å². The average Bonchev–Trinajstić information content (AvgIpc) is 2.89. The Bertz CT molecular complexity index is 404. The first-order chi connectivity index (χ1) is 8.31. The highest BCUT2D eigenvalue weighted by Crippen LogP contribution is 2.08. The van der Waals surface area contributed by atoms with Crippen LogP contribution < -0.4 is 0 Å². The molecule has 1 saturated heterocycles. The zero-order chi connectivity index (χ0) is 12.1. The Kier molecular flexibility index (Phi) is 3.73. The summed E-state index contributed by atoms with van der Waals surface area (Å²) in [4.78, 5) is 24.0. The highest BCUT2D eigenvalue weighted by atomic mass is 16.5. The quantitative estimate of drug-likeness (QED) is 0.754. The van der Waals surface area contributed by atoms with Crippen molar-refractivity contribution in [3.8, 4) is 0 Å². The van der Waals surface area contributed by atoms with Gasteiger partial charge in [0.15, 0.2) is 0 Å². The maximum atomic E-state index is 12.1. The normalized spacial score (nSPS) is 17.5. The molecular weight excluding hydrogens is 220 g/mol. The van der Waals surface area contributed by atoms with Gasteiger partial charge in [-0.3, -0.25) is 4.79 Å². The maximum absolute atomic E-state index is 12.1. The zero-order valence-corrected chi connectivity index (χ0v) is 9.43. The van der Waals surface area contributed by atoms with Crippen LogP contribution >= 0.6 is 0 Å². The first kappa shape index (κ1) is 11.6. The smallest absolute Gasteiger partial charge is 0.306 e. The second-order valence-corrected chi connectivity index (χ2v) is 3.86. The summed E-state index contributed by atoms with van der Waals surface area (Å²) in [6.45, 7) is 9.39. The number of aromatic nitrogens is 2. The number of carbonyl (C=O) groups is 1. The molecule has 0 radical (unpaired) electrons. The van der Waals surface area contributed by atoms with Crippen LogP contribution in [0, 0.1) is 6.57 Å². The fourth-order valence-corrected chi connectivity index (χ4v) is 1.79. The molecule has 1 unspecified atom stereocenters. The van der Waals surface area contributed by atoms with E-state index in [4.69, 9.17) is 11.3 Å². The van der Waals surface area contributed by atoms with E-state index in [1.165, 1.54) is 0 Å². The van der Waals surface area contributed by atoms with Gasteiger partial charge >= 0.3 is 11.9 Å². The van der Waals surface area contributed by atoms with Crippen molar-refractivity contribution in [3.05, 3.63) is 29.6 Å². The van der Waals surface area contributed by atoms with Gasteiger partial charge in [-0.25, -0.2) is 11.6 Å². The third-order valence-corrected chi connectivity index (χ3v) is 2.73. The Morgan fingerprint density at radius 2 is 2.41 bits per heavy atom. The van der Waals surface area contributed by atoms with E-state index in [9.17, 15) is 4.79 Å². The van der Waals surface area contributed by atoms with Gasteiger partial charge in [0.2, 0.25) is 0 Å². The molecule has 0 bridgehead atoms. The predicted molar refractivity (Wildman–Crippen MR) is 60.1 cm³/mol. The minimum atomic E-state index is -0.659. The molecule has 90 valence electrons. The van der Waals surface area contributed by atoms with Gasteiger partial charge in [-0.05, 0) is 0 Å². The van der Waals surface area contributed by atoms with Crippen molar-refractivity contribution in [1.29, 1.82) is 0 Å². The molecule has 2 heterocycles. The van der Waals surface area contributed by atoms with E-state index < -0.39 is 6.04 Å². The Labute approximate surface area is 99.4 Å². The number of aromatic amines is 1. The van der Waals surface area contributed by atoms with E-state index in [0.717, 1.165) is 5.69 Å². The van der Waals surface area contributed by atoms with Crippen molar-refractivity contribution in [1.82, 2.24) is 14.9 Å². The topological polar surface area (TPSA) is 62.6 Å². The lowest BCUT2D eigenvalue weighted by molar-refractivity contribution is -0.135. The van der Waals surface area contributed by atoms with Crippen LogP contribution in [0.4, 0.5) is 0 Å². The number of amides is 1. The minimum Gasteiger partial charge on any atom is -0.378 e. The van der Waals surface area contributed by atoms with Crippen molar-refractivity contribution in [2.45, 2.75) is 12.5 Å². The Balaban J connectivity index is 1.97. The van der Waals surface area contributed by atoms with Crippen molar-refractivity contribution in [2.75, 3.05) is 26.3 Å². The van der Waals surface area contributed by atoms with E-state index in [1.807, 2.05) is 0 Å². The van der Waals surface area contributed by atoms with E-state index in [-0.39, 0.29) is 5.91 Å². The molecule has 1 amide bonds. The summed E-state index contributed by atoms with van der Waals surface area (Å²) < 4.78 is 5.18. The molecule has 0 aliphatic carbocycles. The van der Waals surface area contributed by atoms with Crippen LogP contribution in [0.5, 0.6) is 0 Å². The predicted octanol–water partition coefficient (Wildman–Crippen LogP) is 0.0989. The SMILES string of the molecule is [C-]#[N+]C(Cc1cnc[nH]1)C(=O)N1CCOCC1. The molecule has 1 aliphatic rings. The number of ether oxygens (including phenoxy) is 1. The number of imidazole rings is 1. The van der Waals surface area contributed by atoms with Gasteiger partial charge < -0.3 is 19.5 Å². The van der Waals surface area contributed by atoms with Crippen LogP contribution in [0.15, 0.2) is 12.5 Å². The molecule has 6 heteroatoms. The molecule has 1 aromatic heterocycles. The van der Waals surface area contributed by atoms with Crippen molar-refractivity contribution in [3.63, 3.8) is 0 Å². The highest BCUT2D eigenvalue weighted by molar-refractivity contribution is 5.83. The second kappa shape index (κ2) is 5.46. The van der Waals surface area contributed by atoms with Crippen LogP contribution in [0.25, 0.3) is 4.85 Å². The van der Waals surface area contributed by atoms with Crippen LogP contribution in [-0.4, -0.2) is 53.1 Å². The van der Waals surface area contributed by atoms with Gasteiger partial charge in [-0.15, -0.1) is 0 Å². The summed E-state index contributed by atoms with van der Waals surface area (Å²) in [6, 6.07) is -0.659. The standard InChI is InChI=1S/C11H14N4O2/c1-12-10(6-9-7-13-8-14-9)11(16)15-2-4-17-5-3-15/h7-8,10H,2-6H2,(H,13,14). The molecule has 17 heavy (non-hydrogen) atoms. The van der Waals surface area contributed by atoms with E-state index in [0.29, 0.717) is 32.7 Å². The number of nitrogens with one attached hydrogen (secondary N) is 1. The first-order valence-corrected chi connectivity index (χ1v) is 5.51. The summed E-state index contributed by atoms with van der Waals surface area (Å²) in [5.41, 5.74) is 0.813. The Hall–Kier alpha value is -1.87. The number of carbonyl (C=O) groups excluding carboxylic acids is 1. The van der Waals surface area contributed by atoms with Gasteiger partial charge in [-0.2, -0.15) is 0 Å². The van der Waals surface area contributed by atoms with Gasteiger partial charge in [-0.1, -0.05) is 0 Å². The number of nitrogens with zero attached hydrogens (tertiary/aromatic N) is 3. The number of H-pyrrole nitrogens is 1. The average molecular weight is 234 g/mol. The molecular formula is C11H14N4O2. The second-order valence-electron chi connectivity index (χ2n) is 3.86.